The topological polar surface area (TPSA) is 87.6 Å². The number of unbranched alkanes of at least 4 members (excludes halogenated alkanes) is 1. The normalized spacial score (nSPS) is 15.6. The molecule has 4 N–H and O–H groups in total. The van der Waals surface area contributed by atoms with Gasteiger partial charge in [0.05, 0.1) is 6.61 Å². The van der Waals surface area contributed by atoms with Gasteiger partial charge in [0.15, 0.2) is 0 Å². The summed E-state index contributed by atoms with van der Waals surface area (Å²) in [7, 11) is -2.41. The lowest BCUT2D eigenvalue weighted by atomic mass is 10.4. The van der Waals surface area contributed by atoms with Crippen LogP contribution < -0.4 is 11.5 Å². The lowest BCUT2D eigenvalue weighted by Gasteiger charge is -2.11. The molecular weight excluding hydrogens is 191 g/mol. The van der Waals surface area contributed by atoms with Gasteiger partial charge in [0, 0.05) is 0 Å². The van der Waals surface area contributed by atoms with Crippen molar-refractivity contribution in [2.75, 3.05) is 13.2 Å². The van der Waals surface area contributed by atoms with Gasteiger partial charge in [0.1, 0.15) is 6.23 Å². The number of nitrogens with two attached hydrogens (primary N) is 2. The first-order valence-electron chi connectivity index (χ1n) is 4.49. The molecule has 2 atom stereocenters. The first-order valence-corrected chi connectivity index (χ1v) is 5.72. The summed E-state index contributed by atoms with van der Waals surface area (Å²) >= 11 is 0. The molecule has 6 heteroatoms. The van der Waals surface area contributed by atoms with E-state index in [2.05, 4.69) is 0 Å². The highest BCUT2D eigenvalue weighted by Gasteiger charge is 2.06. The van der Waals surface area contributed by atoms with Gasteiger partial charge in [-0.05, 0) is 19.4 Å². The second kappa shape index (κ2) is 8.66. The number of hydrogen-bond donors (Lipinski definition) is 2. The van der Waals surface area contributed by atoms with Crippen LogP contribution in [0.15, 0.2) is 0 Å². The molecule has 0 heterocycles. The molecule has 0 aromatic rings. The van der Waals surface area contributed by atoms with Crippen molar-refractivity contribution >= 4 is 8.25 Å². The third-order valence-corrected chi connectivity index (χ3v) is 2.35. The molecule has 0 saturated heterocycles. The average molecular weight is 210 g/mol. The van der Waals surface area contributed by atoms with Crippen molar-refractivity contribution in [3.63, 3.8) is 0 Å². The van der Waals surface area contributed by atoms with E-state index in [0.29, 0.717) is 19.6 Å². The van der Waals surface area contributed by atoms with Gasteiger partial charge in [-0.25, -0.2) is 0 Å². The van der Waals surface area contributed by atoms with Crippen LogP contribution in [0.4, 0.5) is 0 Å². The maximum Gasteiger partial charge on any atom is 0.320 e. The maximum absolute atomic E-state index is 11.0. The summed E-state index contributed by atoms with van der Waals surface area (Å²) in [4.78, 5) is 0. The Morgan fingerprint density at radius 1 is 1.54 bits per heavy atom. The van der Waals surface area contributed by atoms with E-state index >= 15 is 0 Å². The van der Waals surface area contributed by atoms with Crippen LogP contribution in [0.5, 0.6) is 0 Å². The second-order valence-corrected chi connectivity index (χ2v) is 3.71. The van der Waals surface area contributed by atoms with Crippen molar-refractivity contribution in [3.8, 4) is 0 Å². The molecule has 0 aliphatic heterocycles. The van der Waals surface area contributed by atoms with Crippen molar-refractivity contribution in [1.82, 2.24) is 0 Å². The van der Waals surface area contributed by atoms with E-state index < -0.39 is 14.5 Å². The molecule has 0 bridgehead atoms. The highest BCUT2D eigenvalue weighted by atomic mass is 31.1. The molecule has 0 radical (unpaired) electrons. The van der Waals surface area contributed by atoms with Crippen molar-refractivity contribution in [3.05, 3.63) is 0 Å². The fourth-order valence-corrected chi connectivity index (χ4v) is 1.42. The Kier molecular flexibility index (Phi) is 8.71. The maximum atomic E-state index is 11.0. The third kappa shape index (κ3) is 8.40. The minimum atomic E-state index is -2.41. The molecule has 0 spiro atoms. The molecule has 80 valence electrons. The molecule has 0 aliphatic rings. The summed E-state index contributed by atoms with van der Waals surface area (Å²) in [6.07, 6.45) is 1.81. The van der Waals surface area contributed by atoms with Gasteiger partial charge in [-0.2, -0.15) is 0 Å². The zero-order chi connectivity index (χ0) is 10.1. The van der Waals surface area contributed by atoms with Crippen molar-refractivity contribution in [2.45, 2.75) is 32.4 Å². The van der Waals surface area contributed by atoms with E-state index in [9.17, 15) is 4.57 Å². The molecule has 0 fully saturated rings. The Bertz CT molecular complexity index is 146. The van der Waals surface area contributed by atoms with Gasteiger partial charge in [-0.1, -0.05) is 13.3 Å². The highest BCUT2D eigenvalue weighted by Crippen LogP contribution is 2.25. The van der Waals surface area contributed by atoms with Crippen LogP contribution in [-0.2, 0) is 13.6 Å². The Hall–Kier alpha value is 0.0700. The molecule has 0 saturated carbocycles. The van der Waals surface area contributed by atoms with Crippen LogP contribution in [0.3, 0.4) is 0 Å². The van der Waals surface area contributed by atoms with Crippen LogP contribution >= 0.6 is 8.25 Å². The molecule has 2 unspecified atom stereocenters. The predicted molar refractivity (Wildman–Crippen MR) is 52.6 cm³/mol. The fourth-order valence-electron chi connectivity index (χ4n) is 0.681. The molecule has 0 amide bonds. The smallest absolute Gasteiger partial charge is 0.320 e. The Morgan fingerprint density at radius 2 is 2.23 bits per heavy atom. The average Bonchev–Trinajstić information content (AvgIpc) is 2.05. The van der Waals surface area contributed by atoms with Crippen LogP contribution in [0.2, 0.25) is 0 Å². The molecular formula is C7H19N2O3P. The van der Waals surface area contributed by atoms with Crippen molar-refractivity contribution in [1.29, 1.82) is 0 Å². The van der Waals surface area contributed by atoms with Gasteiger partial charge >= 0.3 is 8.25 Å². The van der Waals surface area contributed by atoms with Crippen LogP contribution in [0.25, 0.3) is 0 Å². The van der Waals surface area contributed by atoms with Gasteiger partial charge in [0.25, 0.3) is 0 Å². The third-order valence-electron chi connectivity index (χ3n) is 1.42. The minimum Gasteiger partial charge on any atom is -0.330 e. The molecule has 5 nitrogen and oxygen atoms in total. The zero-order valence-electron chi connectivity index (χ0n) is 7.99. The van der Waals surface area contributed by atoms with E-state index in [4.69, 9.17) is 20.5 Å². The molecule has 0 aromatic carbocycles. The first kappa shape index (κ1) is 13.1. The summed E-state index contributed by atoms with van der Waals surface area (Å²) < 4.78 is 20.8. The lowest BCUT2D eigenvalue weighted by molar-refractivity contribution is 0.161. The van der Waals surface area contributed by atoms with E-state index in [1.54, 1.807) is 0 Å². The van der Waals surface area contributed by atoms with Gasteiger partial charge in [-0.15, -0.1) is 0 Å². The van der Waals surface area contributed by atoms with Crippen LogP contribution in [0, 0.1) is 0 Å². The van der Waals surface area contributed by atoms with Crippen LogP contribution in [0.1, 0.15) is 26.2 Å². The molecule has 13 heavy (non-hydrogen) atoms. The van der Waals surface area contributed by atoms with Gasteiger partial charge in [-0.3, -0.25) is 9.09 Å². The fraction of sp³-hybridized carbons (Fsp3) is 1.00. The minimum absolute atomic E-state index is 0.422. The van der Waals surface area contributed by atoms with E-state index in [-0.39, 0.29) is 0 Å². The largest absolute Gasteiger partial charge is 0.330 e. The molecule has 0 aliphatic carbocycles. The number of rotatable bonds is 8. The van der Waals surface area contributed by atoms with E-state index in [1.807, 2.05) is 6.92 Å². The van der Waals surface area contributed by atoms with Crippen molar-refractivity contribution < 1.29 is 13.6 Å². The Balaban J connectivity index is 3.38. The monoisotopic (exact) mass is 210 g/mol. The van der Waals surface area contributed by atoms with E-state index in [0.717, 1.165) is 12.8 Å². The first-order chi connectivity index (χ1) is 6.20. The van der Waals surface area contributed by atoms with Gasteiger partial charge < -0.3 is 16.0 Å². The summed E-state index contributed by atoms with van der Waals surface area (Å²) in [5, 5.41) is 0. The summed E-state index contributed by atoms with van der Waals surface area (Å²) in [6.45, 7) is 2.91. The quantitative estimate of drug-likeness (QED) is 0.352. The SMILES string of the molecule is CCCCO[PH](=O)OC(N)CCN. The highest BCUT2D eigenvalue weighted by molar-refractivity contribution is 7.33. The zero-order valence-corrected chi connectivity index (χ0v) is 8.99. The second-order valence-electron chi connectivity index (χ2n) is 2.69. The summed E-state index contributed by atoms with van der Waals surface area (Å²) in [5.74, 6) is 0. The van der Waals surface area contributed by atoms with Crippen LogP contribution in [-0.4, -0.2) is 19.4 Å². The lowest BCUT2D eigenvalue weighted by Crippen LogP contribution is -2.24. The Labute approximate surface area is 79.7 Å². The Morgan fingerprint density at radius 3 is 2.77 bits per heavy atom. The summed E-state index contributed by atoms with van der Waals surface area (Å²) in [6, 6.07) is 0. The standard InChI is InChI=1S/C7H19N2O3P/c1-2-3-6-11-13(10)12-7(9)4-5-8/h7,13H,2-6,8-9H2,1H3. The van der Waals surface area contributed by atoms with Crippen molar-refractivity contribution in [2.24, 2.45) is 11.5 Å². The predicted octanol–water partition coefficient (Wildman–Crippen LogP) is 0.843. The van der Waals surface area contributed by atoms with Gasteiger partial charge in [0.2, 0.25) is 0 Å². The molecule has 0 rings (SSSR count). The summed E-state index contributed by atoms with van der Waals surface area (Å²) in [5.41, 5.74) is 10.7. The number of hydrogen-bond acceptors (Lipinski definition) is 5. The van der Waals surface area contributed by atoms with E-state index in [1.165, 1.54) is 0 Å². The molecule has 0 aromatic heterocycles.